The zero-order valence-corrected chi connectivity index (χ0v) is 20.2. The molecule has 0 unspecified atom stereocenters. The van der Waals surface area contributed by atoms with Crippen LogP contribution in [0.2, 0.25) is 0 Å². The molecule has 0 saturated carbocycles. The Morgan fingerprint density at radius 2 is 0.935 bits per heavy atom. The van der Waals surface area contributed by atoms with E-state index in [4.69, 9.17) is 0 Å². The molecule has 0 aromatic heterocycles. The van der Waals surface area contributed by atoms with Gasteiger partial charge in [0.2, 0.25) is 0 Å². The van der Waals surface area contributed by atoms with Crippen LogP contribution in [0.5, 0.6) is 0 Å². The van der Waals surface area contributed by atoms with Crippen molar-refractivity contribution >= 4 is 48.4 Å². The fourth-order valence-electron chi connectivity index (χ4n) is 4.16. The lowest BCUT2D eigenvalue weighted by Crippen LogP contribution is -2.32. The Morgan fingerprint density at radius 1 is 0.484 bits per heavy atom. The highest BCUT2D eigenvalue weighted by molar-refractivity contribution is 7.95. The maximum Gasteiger partial charge on any atom is 0.116 e. The molecule has 0 fully saturated rings. The second-order valence-electron chi connectivity index (χ2n) is 7.75. The standard InChI is InChI=1S/C28H27PS2/c30-20-19-23-15-17-28(18-16-23)29(26-7-3-1-4-8-26,27-9-5-2-6-10-27)21-24-11-13-25(22-31)14-12-24/h1-18H,19-22H2,(H-,30,31)/p+1. The zero-order chi connectivity index (χ0) is 21.5. The first-order chi connectivity index (χ1) is 15.3. The summed E-state index contributed by atoms with van der Waals surface area (Å²) in [6.07, 6.45) is 2.00. The van der Waals surface area contributed by atoms with Gasteiger partial charge in [-0.1, -0.05) is 72.8 Å². The molecule has 156 valence electrons. The normalized spacial score (nSPS) is 11.4. The fraction of sp³-hybridized carbons (Fsp3) is 0.143. The van der Waals surface area contributed by atoms with E-state index in [1.54, 1.807) is 0 Å². The van der Waals surface area contributed by atoms with Crippen LogP contribution in [0, 0.1) is 0 Å². The van der Waals surface area contributed by atoms with Gasteiger partial charge in [-0.05, 0) is 65.3 Å². The van der Waals surface area contributed by atoms with Gasteiger partial charge in [-0.25, -0.2) is 0 Å². The molecule has 0 aliphatic rings. The number of hydrogen-bond acceptors (Lipinski definition) is 2. The Labute approximate surface area is 197 Å². The van der Waals surface area contributed by atoms with Crippen molar-refractivity contribution in [2.45, 2.75) is 18.3 Å². The summed E-state index contributed by atoms with van der Waals surface area (Å²) in [6.45, 7) is 0. The summed E-state index contributed by atoms with van der Waals surface area (Å²) in [5.74, 6) is 1.64. The first-order valence-corrected chi connectivity index (χ1v) is 13.9. The van der Waals surface area contributed by atoms with E-state index in [2.05, 4.69) is 134 Å². The van der Waals surface area contributed by atoms with Crippen LogP contribution in [0.4, 0.5) is 0 Å². The van der Waals surface area contributed by atoms with Crippen molar-refractivity contribution in [3.63, 3.8) is 0 Å². The number of rotatable bonds is 8. The van der Waals surface area contributed by atoms with Crippen LogP contribution >= 0.6 is 32.5 Å². The highest BCUT2D eigenvalue weighted by Gasteiger charge is 2.45. The Hall–Kier alpha value is -1.99. The lowest BCUT2D eigenvalue weighted by molar-refractivity contribution is 1.17. The smallest absolute Gasteiger partial charge is 0.116 e. The van der Waals surface area contributed by atoms with Gasteiger partial charge < -0.3 is 0 Å². The third-order valence-corrected chi connectivity index (χ3v) is 10.8. The number of benzene rings is 4. The van der Waals surface area contributed by atoms with Crippen LogP contribution in [-0.4, -0.2) is 5.75 Å². The first-order valence-electron chi connectivity index (χ1n) is 10.6. The summed E-state index contributed by atoms with van der Waals surface area (Å²) in [7, 11) is -1.88. The summed E-state index contributed by atoms with van der Waals surface area (Å²) in [5, 5.41) is 4.26. The molecule has 0 aliphatic heterocycles. The number of thiol groups is 2. The van der Waals surface area contributed by atoms with Gasteiger partial charge in [0.1, 0.15) is 23.2 Å². The lowest BCUT2D eigenvalue weighted by Gasteiger charge is -2.28. The van der Waals surface area contributed by atoms with Crippen molar-refractivity contribution < 1.29 is 0 Å². The Balaban J connectivity index is 1.92. The van der Waals surface area contributed by atoms with E-state index in [9.17, 15) is 0 Å². The molecule has 4 aromatic carbocycles. The molecule has 0 aliphatic carbocycles. The third kappa shape index (κ3) is 4.93. The highest BCUT2D eigenvalue weighted by atomic mass is 32.1. The van der Waals surface area contributed by atoms with Crippen LogP contribution in [0.15, 0.2) is 109 Å². The molecular formula is C28H28PS2+. The first kappa shape index (κ1) is 22.2. The van der Waals surface area contributed by atoms with E-state index in [0.717, 1.165) is 24.1 Å². The topological polar surface area (TPSA) is 0 Å². The third-order valence-electron chi connectivity index (χ3n) is 5.80. The molecule has 4 rings (SSSR count). The average Bonchev–Trinajstić information content (AvgIpc) is 2.85. The van der Waals surface area contributed by atoms with Gasteiger partial charge >= 0.3 is 0 Å². The van der Waals surface area contributed by atoms with Crippen molar-refractivity contribution in [3.8, 4) is 0 Å². The van der Waals surface area contributed by atoms with E-state index in [-0.39, 0.29) is 0 Å². The van der Waals surface area contributed by atoms with Gasteiger partial charge in [0.05, 0.1) is 6.16 Å². The number of hydrogen-bond donors (Lipinski definition) is 2. The maximum atomic E-state index is 4.43. The van der Waals surface area contributed by atoms with E-state index in [1.165, 1.54) is 32.6 Å². The summed E-state index contributed by atoms with van der Waals surface area (Å²) >= 11 is 8.84. The van der Waals surface area contributed by atoms with Crippen molar-refractivity contribution in [1.82, 2.24) is 0 Å². The van der Waals surface area contributed by atoms with Gasteiger partial charge in [0.15, 0.2) is 0 Å². The molecule has 0 spiro atoms. The molecular weight excluding hydrogens is 431 g/mol. The molecule has 0 N–H and O–H groups in total. The monoisotopic (exact) mass is 459 g/mol. The Morgan fingerprint density at radius 3 is 1.42 bits per heavy atom. The van der Waals surface area contributed by atoms with Gasteiger partial charge in [-0.2, -0.15) is 25.3 Å². The largest absolute Gasteiger partial charge is 0.179 e. The van der Waals surface area contributed by atoms with E-state index in [0.29, 0.717) is 0 Å². The Bertz CT molecular complexity index is 1040. The second kappa shape index (κ2) is 10.6. The molecule has 0 nitrogen and oxygen atoms in total. The molecule has 0 saturated heterocycles. The summed E-state index contributed by atoms with van der Waals surface area (Å²) < 4.78 is 0. The van der Waals surface area contributed by atoms with Crippen LogP contribution in [0.3, 0.4) is 0 Å². The van der Waals surface area contributed by atoms with E-state index in [1.807, 2.05) is 0 Å². The molecule has 0 heterocycles. The fourth-order valence-corrected chi connectivity index (χ4v) is 8.85. The van der Waals surface area contributed by atoms with Crippen molar-refractivity contribution in [3.05, 3.63) is 126 Å². The summed E-state index contributed by atoms with van der Waals surface area (Å²) in [6, 6.07) is 40.4. The van der Waals surface area contributed by atoms with E-state index >= 15 is 0 Å². The summed E-state index contributed by atoms with van der Waals surface area (Å²) in [5.41, 5.74) is 3.97. The average molecular weight is 460 g/mol. The SMILES string of the molecule is SCCc1ccc([P+](Cc2ccc(CS)cc2)(c2ccccc2)c2ccccc2)cc1. The minimum absolute atomic E-state index is 0.768. The van der Waals surface area contributed by atoms with Crippen LogP contribution in [0.25, 0.3) is 0 Å². The van der Waals surface area contributed by atoms with E-state index < -0.39 is 7.26 Å². The van der Waals surface area contributed by atoms with Gasteiger partial charge in [0, 0.05) is 5.75 Å². The minimum atomic E-state index is -1.88. The van der Waals surface area contributed by atoms with Gasteiger partial charge in [-0.15, -0.1) is 0 Å². The van der Waals surface area contributed by atoms with Crippen LogP contribution in [0.1, 0.15) is 16.7 Å². The van der Waals surface area contributed by atoms with Crippen molar-refractivity contribution in [2.24, 2.45) is 0 Å². The molecule has 31 heavy (non-hydrogen) atoms. The van der Waals surface area contributed by atoms with Gasteiger partial charge in [-0.3, -0.25) is 0 Å². The summed E-state index contributed by atoms with van der Waals surface area (Å²) in [4.78, 5) is 0. The molecule has 0 bridgehead atoms. The zero-order valence-electron chi connectivity index (χ0n) is 17.6. The molecule has 0 atom stereocenters. The Kier molecular flexibility index (Phi) is 7.56. The van der Waals surface area contributed by atoms with Crippen LogP contribution in [-0.2, 0) is 18.3 Å². The van der Waals surface area contributed by atoms with Crippen molar-refractivity contribution in [2.75, 3.05) is 5.75 Å². The predicted octanol–water partition coefficient (Wildman–Crippen LogP) is 6.08. The minimum Gasteiger partial charge on any atom is -0.179 e. The number of aryl methyl sites for hydroxylation is 1. The van der Waals surface area contributed by atoms with Crippen molar-refractivity contribution in [1.29, 1.82) is 0 Å². The van der Waals surface area contributed by atoms with Gasteiger partial charge in [0.25, 0.3) is 0 Å². The molecule has 0 radical (unpaired) electrons. The van der Waals surface area contributed by atoms with Crippen LogP contribution < -0.4 is 15.9 Å². The second-order valence-corrected chi connectivity index (χ2v) is 12.0. The molecule has 3 heteroatoms. The quantitative estimate of drug-likeness (QED) is 0.231. The maximum absolute atomic E-state index is 4.43. The molecule has 0 amide bonds. The molecule has 4 aromatic rings. The highest BCUT2D eigenvalue weighted by Crippen LogP contribution is 2.58. The lowest BCUT2D eigenvalue weighted by atomic mass is 10.2. The predicted molar refractivity (Wildman–Crippen MR) is 146 cm³/mol.